The SMILES string of the molecule is Nc1c(F)c(C(F)(F)F)nc2ccc(Cl)cc12. The van der Waals surface area contributed by atoms with Crippen LogP contribution in [-0.2, 0) is 6.18 Å². The molecule has 0 amide bonds. The van der Waals surface area contributed by atoms with Crippen LogP contribution in [0.25, 0.3) is 10.9 Å². The number of hydrogen-bond donors (Lipinski definition) is 1. The molecule has 1 aromatic heterocycles. The smallest absolute Gasteiger partial charge is 0.396 e. The molecule has 0 fully saturated rings. The summed E-state index contributed by atoms with van der Waals surface area (Å²) >= 11 is 5.64. The van der Waals surface area contributed by atoms with Crippen molar-refractivity contribution in [2.24, 2.45) is 0 Å². The summed E-state index contributed by atoms with van der Waals surface area (Å²) in [5, 5.41) is 0.299. The van der Waals surface area contributed by atoms with Crippen LogP contribution in [0.15, 0.2) is 18.2 Å². The summed E-state index contributed by atoms with van der Waals surface area (Å²) in [5.41, 5.74) is 3.03. The minimum atomic E-state index is -4.88. The number of anilines is 1. The standard InChI is InChI=1S/C10H5ClF4N2/c11-4-1-2-6-5(3-4)8(16)7(12)9(17-6)10(13,14)15/h1-3H,(H2,16,17). The summed E-state index contributed by atoms with van der Waals surface area (Å²) in [6, 6.07) is 3.87. The summed E-state index contributed by atoms with van der Waals surface area (Å²) in [6.07, 6.45) is -4.88. The molecular formula is C10H5ClF4N2. The van der Waals surface area contributed by atoms with Gasteiger partial charge in [0, 0.05) is 10.4 Å². The van der Waals surface area contributed by atoms with E-state index in [-0.39, 0.29) is 15.9 Å². The van der Waals surface area contributed by atoms with Crippen molar-refractivity contribution < 1.29 is 17.6 Å². The Hall–Kier alpha value is -1.56. The summed E-state index contributed by atoms with van der Waals surface area (Å²) in [6.45, 7) is 0. The topological polar surface area (TPSA) is 38.9 Å². The van der Waals surface area contributed by atoms with Crippen molar-refractivity contribution in [3.63, 3.8) is 0 Å². The molecule has 17 heavy (non-hydrogen) atoms. The van der Waals surface area contributed by atoms with Gasteiger partial charge < -0.3 is 5.73 Å². The Balaban J connectivity index is 2.85. The molecule has 1 heterocycles. The fraction of sp³-hybridized carbons (Fsp3) is 0.100. The molecule has 2 N–H and O–H groups in total. The lowest BCUT2D eigenvalue weighted by Crippen LogP contribution is -2.13. The Bertz CT molecular complexity index is 595. The molecule has 2 aromatic rings. The maximum absolute atomic E-state index is 13.4. The first-order valence-electron chi connectivity index (χ1n) is 4.42. The molecule has 0 saturated carbocycles. The van der Waals surface area contributed by atoms with E-state index < -0.39 is 23.4 Å². The van der Waals surface area contributed by atoms with Crippen molar-refractivity contribution >= 4 is 28.2 Å². The van der Waals surface area contributed by atoms with Gasteiger partial charge in [-0.2, -0.15) is 13.2 Å². The molecule has 0 aliphatic heterocycles. The minimum absolute atomic E-state index is 0.0550. The lowest BCUT2D eigenvalue weighted by Gasteiger charge is -2.11. The van der Waals surface area contributed by atoms with Crippen LogP contribution in [0.3, 0.4) is 0 Å². The quantitative estimate of drug-likeness (QED) is 0.738. The first-order chi connectivity index (χ1) is 7.80. The van der Waals surface area contributed by atoms with E-state index in [2.05, 4.69) is 4.98 Å². The van der Waals surface area contributed by atoms with E-state index in [4.69, 9.17) is 17.3 Å². The van der Waals surface area contributed by atoms with Gasteiger partial charge in [0.25, 0.3) is 0 Å². The molecule has 0 atom stereocenters. The third-order valence-electron chi connectivity index (χ3n) is 2.19. The number of pyridine rings is 1. The summed E-state index contributed by atoms with van der Waals surface area (Å²) in [5.74, 6) is -1.58. The number of alkyl halides is 3. The molecule has 0 unspecified atom stereocenters. The third kappa shape index (κ3) is 2.00. The number of rotatable bonds is 0. The Morgan fingerprint density at radius 1 is 1.24 bits per heavy atom. The van der Waals surface area contributed by atoms with E-state index in [0.29, 0.717) is 0 Å². The molecule has 0 aliphatic rings. The molecule has 7 heteroatoms. The van der Waals surface area contributed by atoms with E-state index in [1.165, 1.54) is 18.2 Å². The lowest BCUT2D eigenvalue weighted by atomic mass is 10.1. The largest absolute Gasteiger partial charge is 0.436 e. The highest BCUT2D eigenvalue weighted by atomic mass is 35.5. The molecule has 0 saturated heterocycles. The predicted octanol–water partition coefficient (Wildman–Crippen LogP) is 3.63. The zero-order valence-corrected chi connectivity index (χ0v) is 8.90. The molecule has 0 radical (unpaired) electrons. The maximum Gasteiger partial charge on any atom is 0.436 e. The van der Waals surface area contributed by atoms with Crippen LogP contribution in [0.4, 0.5) is 23.2 Å². The third-order valence-corrected chi connectivity index (χ3v) is 2.43. The Morgan fingerprint density at radius 3 is 2.47 bits per heavy atom. The molecule has 0 bridgehead atoms. The predicted molar refractivity (Wildman–Crippen MR) is 56.1 cm³/mol. The molecule has 90 valence electrons. The Kier molecular flexibility index (Phi) is 2.61. The second-order valence-electron chi connectivity index (χ2n) is 3.35. The van der Waals surface area contributed by atoms with Gasteiger partial charge in [-0.25, -0.2) is 9.37 Å². The van der Waals surface area contributed by atoms with Crippen LogP contribution < -0.4 is 5.73 Å². The molecule has 0 spiro atoms. The van der Waals surface area contributed by atoms with Gasteiger partial charge in [0.2, 0.25) is 0 Å². The van der Waals surface area contributed by atoms with Crippen LogP contribution in [0.2, 0.25) is 5.02 Å². The molecule has 0 aliphatic carbocycles. The van der Waals surface area contributed by atoms with Crippen LogP contribution in [0.5, 0.6) is 0 Å². The van der Waals surface area contributed by atoms with Gasteiger partial charge in [0.15, 0.2) is 11.5 Å². The van der Waals surface area contributed by atoms with Crippen molar-refractivity contribution in [3.05, 3.63) is 34.7 Å². The number of hydrogen-bond acceptors (Lipinski definition) is 2. The average Bonchev–Trinajstić information content (AvgIpc) is 2.22. The molecular weight excluding hydrogens is 260 g/mol. The van der Waals surface area contributed by atoms with Crippen LogP contribution in [0.1, 0.15) is 5.69 Å². The van der Waals surface area contributed by atoms with Crippen LogP contribution in [0, 0.1) is 5.82 Å². The van der Waals surface area contributed by atoms with Crippen LogP contribution in [-0.4, -0.2) is 4.98 Å². The summed E-state index contributed by atoms with van der Waals surface area (Å²) < 4.78 is 50.8. The highest BCUT2D eigenvalue weighted by molar-refractivity contribution is 6.31. The lowest BCUT2D eigenvalue weighted by molar-refractivity contribution is -0.143. The normalized spacial score (nSPS) is 12.1. The summed E-state index contributed by atoms with van der Waals surface area (Å²) in [4.78, 5) is 3.21. The average molecular weight is 265 g/mol. The van der Waals surface area contributed by atoms with Gasteiger partial charge in [-0.15, -0.1) is 0 Å². The monoisotopic (exact) mass is 264 g/mol. The van der Waals surface area contributed by atoms with Gasteiger partial charge in [-0.05, 0) is 18.2 Å². The number of fused-ring (bicyclic) bond motifs is 1. The van der Waals surface area contributed by atoms with E-state index in [1.807, 2.05) is 0 Å². The first kappa shape index (κ1) is 11.9. The van der Waals surface area contributed by atoms with Gasteiger partial charge >= 0.3 is 6.18 Å². The number of halogens is 5. The van der Waals surface area contributed by atoms with Gasteiger partial charge in [-0.3, -0.25) is 0 Å². The van der Waals surface area contributed by atoms with E-state index >= 15 is 0 Å². The minimum Gasteiger partial charge on any atom is -0.396 e. The summed E-state index contributed by atoms with van der Waals surface area (Å²) in [7, 11) is 0. The number of nitrogens with two attached hydrogens (primary N) is 1. The number of aromatic nitrogens is 1. The van der Waals surface area contributed by atoms with E-state index in [9.17, 15) is 17.6 Å². The van der Waals surface area contributed by atoms with Crippen molar-refractivity contribution in [2.45, 2.75) is 6.18 Å². The number of nitrogens with zero attached hydrogens (tertiary/aromatic N) is 1. The second kappa shape index (κ2) is 3.73. The van der Waals surface area contributed by atoms with E-state index in [1.54, 1.807) is 0 Å². The van der Waals surface area contributed by atoms with Crippen molar-refractivity contribution in [1.82, 2.24) is 4.98 Å². The Morgan fingerprint density at radius 2 is 1.88 bits per heavy atom. The first-order valence-corrected chi connectivity index (χ1v) is 4.80. The zero-order valence-electron chi connectivity index (χ0n) is 8.15. The van der Waals surface area contributed by atoms with Crippen molar-refractivity contribution in [2.75, 3.05) is 5.73 Å². The molecule has 1 aromatic carbocycles. The fourth-order valence-electron chi connectivity index (χ4n) is 1.42. The van der Waals surface area contributed by atoms with Crippen LogP contribution >= 0.6 is 11.6 Å². The van der Waals surface area contributed by atoms with E-state index in [0.717, 1.165) is 0 Å². The van der Waals surface area contributed by atoms with Crippen molar-refractivity contribution in [3.8, 4) is 0 Å². The molecule has 2 nitrogen and oxygen atoms in total. The highest BCUT2D eigenvalue weighted by Gasteiger charge is 2.37. The molecule has 2 rings (SSSR count). The van der Waals surface area contributed by atoms with Gasteiger partial charge in [0.05, 0.1) is 11.2 Å². The second-order valence-corrected chi connectivity index (χ2v) is 3.78. The Labute approximate surface area is 98.0 Å². The highest BCUT2D eigenvalue weighted by Crippen LogP contribution is 2.35. The van der Waals surface area contributed by atoms with Gasteiger partial charge in [-0.1, -0.05) is 11.6 Å². The number of benzene rings is 1. The van der Waals surface area contributed by atoms with Gasteiger partial charge in [0.1, 0.15) is 0 Å². The zero-order chi connectivity index (χ0) is 12.8. The van der Waals surface area contributed by atoms with Crippen molar-refractivity contribution in [1.29, 1.82) is 0 Å². The fourth-order valence-corrected chi connectivity index (χ4v) is 1.60. The number of nitrogen functional groups attached to an aromatic ring is 1. The maximum atomic E-state index is 13.4.